The molecule has 2 amide bonds. The van der Waals surface area contributed by atoms with Gasteiger partial charge in [-0.25, -0.2) is 14.9 Å². The standard InChI is InChI=1S/C29H34N4O5/c1-4-14-33(38-5-2)28(35)23-16-22-13-12-21(17-24(22)31-26(30)18-23)19-8-10-20(11-9-19)27(34)32-15-6-7-25(32)29(36)37-3/h8-13,16-17,25H,4-7,14-15,18H2,1-3H3,(H2,30,31). The summed E-state index contributed by atoms with van der Waals surface area (Å²) in [7, 11) is 1.34. The quantitative estimate of drug-likeness (QED) is 0.416. The van der Waals surface area contributed by atoms with Gasteiger partial charge >= 0.3 is 5.97 Å². The topological polar surface area (TPSA) is 115 Å². The van der Waals surface area contributed by atoms with E-state index in [1.165, 1.54) is 12.2 Å². The lowest BCUT2D eigenvalue weighted by atomic mass is 9.99. The fourth-order valence-electron chi connectivity index (χ4n) is 4.81. The molecule has 38 heavy (non-hydrogen) atoms. The van der Waals surface area contributed by atoms with Crippen molar-refractivity contribution in [1.82, 2.24) is 9.96 Å². The molecule has 4 rings (SSSR count). The number of aliphatic imine (C=N–C) groups is 1. The summed E-state index contributed by atoms with van der Waals surface area (Å²) in [5.41, 5.74) is 10.5. The van der Waals surface area contributed by atoms with Crippen molar-refractivity contribution in [3.63, 3.8) is 0 Å². The number of hydrogen-bond donors (Lipinski definition) is 1. The van der Waals surface area contributed by atoms with Crippen LogP contribution in [-0.2, 0) is 19.2 Å². The zero-order valence-electron chi connectivity index (χ0n) is 22.1. The second kappa shape index (κ2) is 12.0. The molecule has 9 heteroatoms. The Kier molecular flexibility index (Phi) is 8.58. The maximum atomic E-state index is 13.1. The minimum atomic E-state index is -0.535. The highest BCUT2D eigenvalue weighted by molar-refractivity contribution is 6.05. The van der Waals surface area contributed by atoms with Crippen LogP contribution in [0.5, 0.6) is 0 Å². The van der Waals surface area contributed by atoms with Crippen molar-refractivity contribution in [2.75, 3.05) is 26.8 Å². The molecule has 0 radical (unpaired) electrons. The van der Waals surface area contributed by atoms with Crippen LogP contribution >= 0.6 is 0 Å². The number of nitrogens with two attached hydrogens (primary N) is 1. The van der Waals surface area contributed by atoms with Gasteiger partial charge in [-0.2, -0.15) is 0 Å². The van der Waals surface area contributed by atoms with Crippen LogP contribution < -0.4 is 5.73 Å². The van der Waals surface area contributed by atoms with E-state index in [1.54, 1.807) is 17.0 Å². The molecule has 9 nitrogen and oxygen atoms in total. The van der Waals surface area contributed by atoms with Crippen LogP contribution in [-0.4, -0.2) is 66.4 Å². The number of fused-ring (bicyclic) bond motifs is 1. The number of rotatable bonds is 8. The molecule has 2 heterocycles. The van der Waals surface area contributed by atoms with E-state index < -0.39 is 6.04 Å². The van der Waals surface area contributed by atoms with E-state index in [0.29, 0.717) is 48.8 Å². The average Bonchev–Trinajstić information content (AvgIpc) is 3.35. The van der Waals surface area contributed by atoms with Crippen LogP contribution in [0, 0.1) is 0 Å². The zero-order valence-corrected chi connectivity index (χ0v) is 22.1. The lowest BCUT2D eigenvalue weighted by molar-refractivity contribution is -0.180. The molecule has 2 aliphatic rings. The molecule has 1 saturated heterocycles. The summed E-state index contributed by atoms with van der Waals surface area (Å²) in [6.45, 7) is 5.26. The number of amides is 2. The lowest BCUT2D eigenvalue weighted by Crippen LogP contribution is -2.41. The number of nitrogens with zero attached hydrogens (tertiary/aromatic N) is 3. The van der Waals surface area contributed by atoms with Crippen molar-refractivity contribution in [2.45, 2.75) is 45.6 Å². The normalized spacial score (nSPS) is 16.7. The molecule has 2 aromatic carbocycles. The SMILES string of the molecule is CCCN(OCC)C(=O)C1=Cc2ccc(-c3ccc(C(=O)N4CCCC4C(=O)OC)cc3)cc2N=C(N)C1. The van der Waals surface area contributed by atoms with Crippen LogP contribution in [0.2, 0.25) is 0 Å². The number of likely N-dealkylation sites (tertiary alicyclic amines) is 1. The number of esters is 1. The van der Waals surface area contributed by atoms with Gasteiger partial charge in [0.1, 0.15) is 11.9 Å². The van der Waals surface area contributed by atoms with Crippen LogP contribution in [0.15, 0.2) is 53.0 Å². The fourth-order valence-corrected chi connectivity index (χ4v) is 4.81. The second-order valence-corrected chi connectivity index (χ2v) is 9.31. The Morgan fingerprint density at radius 2 is 1.84 bits per heavy atom. The number of hydroxylamine groups is 2. The maximum Gasteiger partial charge on any atom is 0.328 e. The Labute approximate surface area is 222 Å². The van der Waals surface area contributed by atoms with Crippen molar-refractivity contribution in [3.8, 4) is 11.1 Å². The molecular formula is C29H34N4O5. The number of methoxy groups -OCH3 is 1. The first-order valence-corrected chi connectivity index (χ1v) is 13.0. The van der Waals surface area contributed by atoms with Gasteiger partial charge in [0.05, 0.1) is 19.4 Å². The monoisotopic (exact) mass is 518 g/mol. The van der Waals surface area contributed by atoms with E-state index in [9.17, 15) is 14.4 Å². The molecule has 200 valence electrons. The number of amidine groups is 1. The smallest absolute Gasteiger partial charge is 0.328 e. The van der Waals surface area contributed by atoms with Gasteiger partial charge in [-0.3, -0.25) is 14.4 Å². The molecule has 0 spiro atoms. The number of ether oxygens (including phenoxy) is 1. The highest BCUT2D eigenvalue weighted by Crippen LogP contribution is 2.32. The summed E-state index contributed by atoms with van der Waals surface area (Å²) < 4.78 is 4.86. The van der Waals surface area contributed by atoms with Crippen molar-refractivity contribution in [1.29, 1.82) is 0 Å². The van der Waals surface area contributed by atoms with Gasteiger partial charge in [0.2, 0.25) is 0 Å². The lowest BCUT2D eigenvalue weighted by Gasteiger charge is -2.22. The van der Waals surface area contributed by atoms with Crippen molar-refractivity contribution in [3.05, 3.63) is 59.2 Å². The summed E-state index contributed by atoms with van der Waals surface area (Å²) in [4.78, 5) is 49.9. The van der Waals surface area contributed by atoms with Gasteiger partial charge in [-0.15, -0.1) is 0 Å². The van der Waals surface area contributed by atoms with Crippen LogP contribution in [0.1, 0.15) is 55.5 Å². The van der Waals surface area contributed by atoms with E-state index in [1.807, 2.05) is 50.3 Å². The summed E-state index contributed by atoms with van der Waals surface area (Å²) in [5.74, 6) is -0.431. The van der Waals surface area contributed by atoms with Crippen molar-refractivity contribution in [2.24, 2.45) is 10.7 Å². The third-order valence-electron chi connectivity index (χ3n) is 6.66. The largest absolute Gasteiger partial charge is 0.467 e. The third kappa shape index (κ3) is 5.78. The fraction of sp³-hybridized carbons (Fsp3) is 0.379. The average molecular weight is 519 g/mol. The summed E-state index contributed by atoms with van der Waals surface area (Å²) in [5, 5.41) is 1.39. The van der Waals surface area contributed by atoms with Crippen LogP contribution in [0.25, 0.3) is 17.2 Å². The number of carbonyl (C=O) groups is 3. The molecule has 0 aliphatic carbocycles. The van der Waals surface area contributed by atoms with Crippen molar-refractivity contribution < 1.29 is 24.0 Å². The predicted octanol–water partition coefficient (Wildman–Crippen LogP) is 4.10. The highest BCUT2D eigenvalue weighted by Gasteiger charge is 2.35. The molecule has 0 bridgehead atoms. The molecule has 1 fully saturated rings. The van der Waals surface area contributed by atoms with E-state index in [0.717, 1.165) is 29.5 Å². The first-order valence-electron chi connectivity index (χ1n) is 13.0. The van der Waals surface area contributed by atoms with Gasteiger partial charge in [0.15, 0.2) is 0 Å². The van der Waals surface area contributed by atoms with Gasteiger partial charge in [0.25, 0.3) is 11.8 Å². The van der Waals surface area contributed by atoms with Gasteiger partial charge in [-0.1, -0.05) is 31.2 Å². The summed E-state index contributed by atoms with van der Waals surface area (Å²) in [6.07, 6.45) is 4.21. The summed E-state index contributed by atoms with van der Waals surface area (Å²) in [6, 6.07) is 12.5. The Hall–Kier alpha value is -3.98. The Bertz CT molecular complexity index is 1260. The maximum absolute atomic E-state index is 13.1. The van der Waals surface area contributed by atoms with E-state index in [2.05, 4.69) is 4.99 Å². The molecule has 2 aromatic rings. The first kappa shape index (κ1) is 27.1. The molecule has 1 atom stereocenters. The Morgan fingerprint density at radius 1 is 1.11 bits per heavy atom. The molecule has 1 unspecified atom stereocenters. The number of benzene rings is 2. The molecule has 0 saturated carbocycles. The minimum absolute atomic E-state index is 0.185. The van der Waals surface area contributed by atoms with E-state index in [-0.39, 0.29) is 24.2 Å². The van der Waals surface area contributed by atoms with E-state index in [4.69, 9.17) is 15.3 Å². The first-order chi connectivity index (χ1) is 18.4. The Morgan fingerprint density at radius 3 is 2.53 bits per heavy atom. The van der Waals surface area contributed by atoms with Crippen LogP contribution in [0.4, 0.5) is 5.69 Å². The van der Waals surface area contributed by atoms with E-state index >= 15 is 0 Å². The van der Waals surface area contributed by atoms with Gasteiger partial charge in [-0.05, 0) is 61.6 Å². The molecule has 2 N–H and O–H groups in total. The summed E-state index contributed by atoms with van der Waals surface area (Å²) >= 11 is 0. The highest BCUT2D eigenvalue weighted by atomic mass is 16.7. The van der Waals surface area contributed by atoms with Crippen molar-refractivity contribution >= 4 is 35.4 Å². The molecule has 2 aliphatic heterocycles. The van der Waals surface area contributed by atoms with Crippen LogP contribution in [0.3, 0.4) is 0 Å². The number of hydrogen-bond acceptors (Lipinski definition) is 7. The second-order valence-electron chi connectivity index (χ2n) is 9.31. The predicted molar refractivity (Wildman–Crippen MR) is 145 cm³/mol. The number of carbonyl (C=O) groups excluding carboxylic acids is 3. The Balaban J connectivity index is 1.56. The molecule has 0 aromatic heterocycles. The zero-order chi connectivity index (χ0) is 27.2. The molecular weight excluding hydrogens is 484 g/mol. The minimum Gasteiger partial charge on any atom is -0.467 e. The third-order valence-corrected chi connectivity index (χ3v) is 6.66. The van der Waals surface area contributed by atoms with Gasteiger partial charge < -0.3 is 15.4 Å². The van der Waals surface area contributed by atoms with Gasteiger partial charge in [0, 0.05) is 36.2 Å².